The van der Waals surface area contributed by atoms with Crippen molar-refractivity contribution in [3.05, 3.63) is 105 Å². The third-order valence-corrected chi connectivity index (χ3v) is 9.01. The molecule has 4 heterocycles. The van der Waals surface area contributed by atoms with Crippen LogP contribution in [0.4, 0.5) is 0 Å². The fourth-order valence-corrected chi connectivity index (χ4v) is 7.02. The maximum Gasteiger partial charge on any atom is 0.264 e. The van der Waals surface area contributed by atoms with E-state index in [0.29, 0.717) is 11.3 Å². The number of benzene rings is 3. The lowest BCUT2D eigenvalue weighted by Gasteiger charge is -2.23. The number of para-hydroxylation sites is 1. The number of aromatic nitrogens is 3. The first kappa shape index (κ1) is 27.1. The van der Waals surface area contributed by atoms with Crippen LogP contribution in [0, 0.1) is 12.3 Å². The summed E-state index contributed by atoms with van der Waals surface area (Å²) >= 11 is 0. The van der Waals surface area contributed by atoms with Gasteiger partial charge >= 0.3 is 0 Å². The van der Waals surface area contributed by atoms with Crippen LogP contribution >= 0.6 is 0 Å². The lowest BCUT2D eigenvalue weighted by molar-refractivity contribution is 0.816. The maximum absolute atomic E-state index is 15.2. The van der Waals surface area contributed by atoms with E-state index >= 15 is 4.79 Å². The summed E-state index contributed by atoms with van der Waals surface area (Å²) in [5.74, 6) is 0.625. The van der Waals surface area contributed by atoms with Gasteiger partial charge in [0.1, 0.15) is 0 Å². The SMILES string of the molecule is CC/C=C\c1c(C=N)n2c3cnccc3c3c4c(=O)n(-c5c(C)cc(C(C)C)cc5C(C)C)c5ccccc5c4cc1c32. The largest absolute Gasteiger partial charge is 0.307 e. The maximum atomic E-state index is 15.2. The van der Waals surface area contributed by atoms with E-state index in [4.69, 9.17) is 5.41 Å². The zero-order chi connectivity index (χ0) is 30.2. The second-order valence-electron chi connectivity index (χ2n) is 12.3. The van der Waals surface area contributed by atoms with E-state index in [9.17, 15) is 0 Å². The standard InChI is InChI=1S/C38H36N4O/c1-7-8-11-26-30-18-29-25-12-9-10-13-31(25)42(36-23(6)16-24(21(2)3)17-28(36)22(4)5)38(43)35(29)34-27-14-15-40-20-33(27)41(37(30)34)32(26)19-39/h8-22,39H,7H2,1-6H3/b11-8-,39-19?. The monoisotopic (exact) mass is 564 g/mol. The van der Waals surface area contributed by atoms with Gasteiger partial charge in [-0.15, -0.1) is 0 Å². The Morgan fingerprint density at radius 3 is 2.42 bits per heavy atom. The molecule has 3 aromatic carbocycles. The summed E-state index contributed by atoms with van der Waals surface area (Å²) in [5.41, 5.74) is 9.10. The van der Waals surface area contributed by atoms with E-state index in [1.54, 1.807) is 6.20 Å². The first-order valence-electron chi connectivity index (χ1n) is 15.2. The van der Waals surface area contributed by atoms with Crippen molar-refractivity contribution < 1.29 is 0 Å². The smallest absolute Gasteiger partial charge is 0.264 e. The van der Waals surface area contributed by atoms with E-state index in [1.807, 2.05) is 22.9 Å². The van der Waals surface area contributed by atoms with E-state index in [0.717, 1.165) is 72.4 Å². The second kappa shape index (κ2) is 9.91. The first-order valence-corrected chi connectivity index (χ1v) is 15.2. The van der Waals surface area contributed by atoms with Crippen LogP contribution in [0.15, 0.2) is 71.8 Å². The molecule has 5 nitrogen and oxygen atoms in total. The molecular weight excluding hydrogens is 528 g/mol. The molecule has 43 heavy (non-hydrogen) atoms. The Balaban J connectivity index is 1.78. The van der Waals surface area contributed by atoms with Crippen LogP contribution in [0.2, 0.25) is 0 Å². The van der Waals surface area contributed by atoms with Gasteiger partial charge < -0.3 is 9.81 Å². The molecule has 0 bridgehead atoms. The van der Waals surface area contributed by atoms with Crippen LogP contribution in [0.1, 0.15) is 80.8 Å². The Morgan fingerprint density at radius 1 is 0.907 bits per heavy atom. The van der Waals surface area contributed by atoms with Crippen molar-refractivity contribution >= 4 is 61.2 Å². The number of nitrogens with zero attached hydrogens (tertiary/aromatic N) is 3. The number of rotatable bonds is 6. The molecule has 0 spiro atoms. The molecular formula is C38H36N4O. The molecule has 0 saturated heterocycles. The van der Waals surface area contributed by atoms with Crippen LogP contribution in [0.3, 0.4) is 0 Å². The Bertz CT molecular complexity index is 2330. The molecule has 0 amide bonds. The summed E-state index contributed by atoms with van der Waals surface area (Å²) < 4.78 is 4.09. The Kier molecular flexibility index (Phi) is 6.24. The van der Waals surface area contributed by atoms with Gasteiger partial charge in [-0.3, -0.25) is 14.3 Å². The highest BCUT2D eigenvalue weighted by Crippen LogP contribution is 2.43. The molecule has 0 aliphatic carbocycles. The molecule has 5 heteroatoms. The van der Waals surface area contributed by atoms with Gasteiger partial charge in [0.05, 0.1) is 39.5 Å². The van der Waals surface area contributed by atoms with Gasteiger partial charge in [-0.2, -0.15) is 0 Å². The number of fused-ring (bicyclic) bond motifs is 7. The van der Waals surface area contributed by atoms with Crippen LogP contribution < -0.4 is 5.56 Å². The van der Waals surface area contributed by atoms with E-state index < -0.39 is 0 Å². The van der Waals surface area contributed by atoms with Crippen molar-refractivity contribution in [2.75, 3.05) is 0 Å². The van der Waals surface area contributed by atoms with Crippen molar-refractivity contribution in [2.24, 2.45) is 0 Å². The summed E-state index contributed by atoms with van der Waals surface area (Å²) in [4.78, 5) is 19.6. The molecule has 7 rings (SSSR count). The average Bonchev–Trinajstić information content (AvgIpc) is 3.50. The molecule has 0 atom stereocenters. The van der Waals surface area contributed by atoms with Crippen molar-refractivity contribution in [1.82, 2.24) is 14.0 Å². The quantitative estimate of drug-likeness (QED) is 0.161. The highest BCUT2D eigenvalue weighted by atomic mass is 16.1. The average molecular weight is 565 g/mol. The number of aryl methyl sites for hydroxylation is 1. The van der Waals surface area contributed by atoms with Gasteiger partial charge in [0.15, 0.2) is 0 Å². The van der Waals surface area contributed by atoms with E-state index in [2.05, 4.69) is 99.5 Å². The number of hydrogen-bond donors (Lipinski definition) is 1. The molecule has 4 aromatic heterocycles. The minimum Gasteiger partial charge on any atom is -0.307 e. The Labute approximate surface area is 250 Å². The molecule has 0 unspecified atom stereocenters. The van der Waals surface area contributed by atoms with Gasteiger partial charge in [-0.25, -0.2) is 0 Å². The van der Waals surface area contributed by atoms with Gasteiger partial charge in [-0.05, 0) is 65.5 Å². The van der Waals surface area contributed by atoms with Crippen LogP contribution in [-0.4, -0.2) is 20.2 Å². The Morgan fingerprint density at radius 2 is 1.70 bits per heavy atom. The predicted octanol–water partition coefficient (Wildman–Crippen LogP) is 9.51. The summed E-state index contributed by atoms with van der Waals surface area (Å²) in [7, 11) is 0. The summed E-state index contributed by atoms with van der Waals surface area (Å²) in [6, 6.07) is 17.0. The third-order valence-electron chi connectivity index (χ3n) is 9.01. The van der Waals surface area contributed by atoms with Crippen molar-refractivity contribution in [2.45, 2.75) is 59.8 Å². The van der Waals surface area contributed by atoms with E-state index in [1.165, 1.54) is 17.3 Å². The highest BCUT2D eigenvalue weighted by Gasteiger charge is 2.26. The molecule has 0 radical (unpaired) electrons. The molecule has 7 aromatic rings. The molecule has 0 aliphatic heterocycles. The zero-order valence-electron chi connectivity index (χ0n) is 25.6. The molecule has 0 fully saturated rings. The Hall–Kier alpha value is -4.77. The number of nitrogens with one attached hydrogen (secondary N) is 1. The number of hydrogen-bond acceptors (Lipinski definition) is 3. The summed E-state index contributed by atoms with van der Waals surface area (Å²) in [6.07, 6.45) is 10.2. The van der Waals surface area contributed by atoms with Crippen molar-refractivity contribution in [1.29, 1.82) is 5.41 Å². The molecule has 214 valence electrons. The van der Waals surface area contributed by atoms with Crippen LogP contribution in [0.5, 0.6) is 0 Å². The van der Waals surface area contributed by atoms with Crippen molar-refractivity contribution in [3.8, 4) is 5.69 Å². The number of allylic oxidation sites excluding steroid dienone is 1. The third kappa shape index (κ3) is 3.73. The normalized spacial score (nSPS) is 12.6. The van der Waals surface area contributed by atoms with Crippen LogP contribution in [0.25, 0.3) is 60.6 Å². The minimum atomic E-state index is -0.0210. The molecule has 1 N–H and O–H groups in total. The summed E-state index contributed by atoms with van der Waals surface area (Å²) in [5, 5.41) is 14.1. The minimum absolute atomic E-state index is 0.0210. The highest BCUT2D eigenvalue weighted by molar-refractivity contribution is 6.30. The van der Waals surface area contributed by atoms with Gasteiger partial charge in [0, 0.05) is 39.5 Å². The number of pyridine rings is 2. The van der Waals surface area contributed by atoms with Gasteiger partial charge in [0.2, 0.25) is 0 Å². The lowest BCUT2D eigenvalue weighted by Crippen LogP contribution is -2.22. The van der Waals surface area contributed by atoms with Crippen molar-refractivity contribution in [3.63, 3.8) is 0 Å². The van der Waals surface area contributed by atoms with Gasteiger partial charge in [0.25, 0.3) is 5.56 Å². The fourth-order valence-electron chi connectivity index (χ4n) is 7.02. The predicted molar refractivity (Wildman–Crippen MR) is 182 cm³/mol. The first-order chi connectivity index (χ1) is 20.8. The molecule has 0 aliphatic rings. The zero-order valence-corrected chi connectivity index (χ0v) is 25.6. The fraction of sp³-hybridized carbons (Fsp3) is 0.237. The topological polar surface area (TPSA) is 63.2 Å². The van der Waals surface area contributed by atoms with Gasteiger partial charge in [-0.1, -0.05) is 77.1 Å². The lowest BCUT2D eigenvalue weighted by atomic mass is 9.90. The summed E-state index contributed by atoms with van der Waals surface area (Å²) in [6.45, 7) is 13.1. The molecule has 0 saturated carbocycles. The second-order valence-corrected chi connectivity index (χ2v) is 12.3. The van der Waals surface area contributed by atoms with Crippen LogP contribution in [-0.2, 0) is 0 Å². The van der Waals surface area contributed by atoms with E-state index in [-0.39, 0.29) is 11.5 Å².